The largest absolute Gasteiger partial charge is 0.457 e. The average Bonchev–Trinajstić information content (AvgIpc) is 3.40. The van der Waals surface area contributed by atoms with Gasteiger partial charge < -0.3 is 25.3 Å². The molecule has 3 N–H and O–H groups in total. The van der Waals surface area contributed by atoms with Gasteiger partial charge in [0.05, 0.1) is 17.9 Å². The lowest BCUT2D eigenvalue weighted by molar-refractivity contribution is -0.127. The van der Waals surface area contributed by atoms with Crippen molar-refractivity contribution in [3.8, 4) is 22.8 Å². The van der Waals surface area contributed by atoms with Crippen LogP contribution in [0.1, 0.15) is 21.7 Å². The summed E-state index contributed by atoms with van der Waals surface area (Å²) in [5, 5.41) is 4.75. The van der Waals surface area contributed by atoms with Gasteiger partial charge in [0, 0.05) is 31.1 Å². The molecule has 0 radical (unpaired) electrons. The molecule has 3 heterocycles. The summed E-state index contributed by atoms with van der Waals surface area (Å²) in [6.07, 6.45) is 4.08. The van der Waals surface area contributed by atoms with Crippen molar-refractivity contribution in [3.63, 3.8) is 0 Å². The van der Waals surface area contributed by atoms with E-state index >= 15 is 0 Å². The van der Waals surface area contributed by atoms with Crippen molar-refractivity contribution in [2.45, 2.75) is 13.0 Å². The number of carbonyl (C=O) groups excluding carboxylic acids is 2. The Morgan fingerprint density at radius 2 is 1.83 bits per heavy atom. The second-order valence-corrected chi connectivity index (χ2v) is 9.01. The van der Waals surface area contributed by atoms with Crippen molar-refractivity contribution >= 4 is 17.5 Å². The summed E-state index contributed by atoms with van der Waals surface area (Å²) in [5.74, 6) is 0.814. The Balaban J connectivity index is 1.41. The third kappa shape index (κ3) is 4.60. The molecule has 0 bridgehead atoms. The maximum Gasteiger partial charge on any atom is 0.254 e. The number of fused-ring (bicyclic) bond motifs is 3. The third-order valence-electron chi connectivity index (χ3n) is 6.12. The van der Waals surface area contributed by atoms with Crippen molar-refractivity contribution in [1.82, 2.24) is 24.4 Å². The second kappa shape index (κ2) is 9.71. The van der Waals surface area contributed by atoms with Crippen LogP contribution in [0.3, 0.4) is 0 Å². The number of aromatic nitrogens is 3. The van der Waals surface area contributed by atoms with Gasteiger partial charge in [0.25, 0.3) is 5.91 Å². The van der Waals surface area contributed by atoms with Crippen LogP contribution in [0.2, 0.25) is 0 Å². The molecular formula is C27H28N6O3. The number of likely N-dealkylation sites (N-methyl/N-ethyl adjacent to an activating group) is 1. The first kappa shape index (κ1) is 23.4. The van der Waals surface area contributed by atoms with Crippen LogP contribution < -0.4 is 10.5 Å². The van der Waals surface area contributed by atoms with Crippen molar-refractivity contribution in [2.75, 3.05) is 27.2 Å². The van der Waals surface area contributed by atoms with Gasteiger partial charge in [-0.3, -0.25) is 9.59 Å². The summed E-state index contributed by atoms with van der Waals surface area (Å²) in [7, 11) is 3.91. The molecule has 4 aromatic rings. The molecule has 2 aromatic heterocycles. The highest BCUT2D eigenvalue weighted by Gasteiger charge is 2.28. The lowest BCUT2D eigenvalue weighted by Gasteiger charge is -2.25. The molecule has 36 heavy (non-hydrogen) atoms. The van der Waals surface area contributed by atoms with Gasteiger partial charge in [-0.25, -0.2) is 4.52 Å². The Morgan fingerprint density at radius 1 is 1.11 bits per heavy atom. The fourth-order valence-corrected chi connectivity index (χ4v) is 4.37. The summed E-state index contributed by atoms with van der Waals surface area (Å²) < 4.78 is 7.62. The first-order valence-electron chi connectivity index (χ1n) is 11.8. The highest BCUT2D eigenvalue weighted by Crippen LogP contribution is 2.31. The molecule has 0 fully saturated rings. The normalized spacial score (nSPS) is 13.5. The molecule has 5 rings (SSSR count). The Hall–Kier alpha value is -4.37. The standard InChI is InChI=1S/C27H28N6O3/c1-31(2)15-6-9-23(34)32-16-14-22-21(17-32)29-27-24(26(28)35)25(30-33(22)27)18-10-12-20(13-11-18)36-19-7-4-3-5-8-19/h3-13,29H,14-17H2,1-2H3,(H2,28,35)/b9-6+. The van der Waals surface area contributed by atoms with E-state index in [4.69, 9.17) is 15.6 Å². The van der Waals surface area contributed by atoms with Crippen molar-refractivity contribution < 1.29 is 14.3 Å². The van der Waals surface area contributed by atoms with E-state index in [1.807, 2.05) is 79.7 Å². The molecule has 0 unspecified atom stereocenters. The molecule has 9 nitrogen and oxygen atoms in total. The van der Waals surface area contributed by atoms with Crippen LogP contribution in [-0.4, -0.2) is 63.4 Å². The molecule has 2 amide bonds. The summed E-state index contributed by atoms with van der Waals surface area (Å²) in [6.45, 7) is 1.69. The number of carbonyl (C=O) groups is 2. The Bertz CT molecular complexity index is 1430. The lowest BCUT2D eigenvalue weighted by atomic mass is 10.1. The topological polar surface area (TPSA) is 109 Å². The third-order valence-corrected chi connectivity index (χ3v) is 6.12. The summed E-state index contributed by atoms with van der Waals surface area (Å²) in [4.78, 5) is 32.2. The minimum Gasteiger partial charge on any atom is -0.457 e. The van der Waals surface area contributed by atoms with E-state index < -0.39 is 5.91 Å². The van der Waals surface area contributed by atoms with Gasteiger partial charge in [-0.15, -0.1) is 0 Å². The molecule has 0 atom stereocenters. The number of ether oxygens (including phenoxy) is 1. The smallest absolute Gasteiger partial charge is 0.254 e. The van der Waals surface area contributed by atoms with Gasteiger partial charge in [-0.1, -0.05) is 24.3 Å². The van der Waals surface area contributed by atoms with Crippen LogP contribution in [0.15, 0.2) is 66.7 Å². The number of primary amides is 1. The number of hydrogen-bond acceptors (Lipinski definition) is 5. The van der Waals surface area contributed by atoms with Gasteiger partial charge in [-0.2, -0.15) is 5.10 Å². The van der Waals surface area contributed by atoms with Crippen LogP contribution in [-0.2, 0) is 17.8 Å². The number of amides is 2. The molecule has 9 heteroatoms. The Kier molecular flexibility index (Phi) is 6.30. The van der Waals surface area contributed by atoms with Crippen molar-refractivity contribution in [3.05, 3.63) is 83.7 Å². The van der Waals surface area contributed by atoms with Gasteiger partial charge in [-0.05, 0) is 50.5 Å². The monoisotopic (exact) mass is 484 g/mol. The second-order valence-electron chi connectivity index (χ2n) is 9.01. The number of imidazole rings is 1. The molecule has 1 aliphatic rings. The fourth-order valence-electron chi connectivity index (χ4n) is 4.37. The Morgan fingerprint density at radius 3 is 2.53 bits per heavy atom. The number of H-pyrrole nitrogens is 1. The zero-order valence-corrected chi connectivity index (χ0v) is 20.3. The number of para-hydroxylation sites is 1. The number of nitrogens with one attached hydrogen (secondary N) is 1. The minimum absolute atomic E-state index is 0.0386. The maximum absolute atomic E-state index is 12.6. The van der Waals surface area contributed by atoms with Gasteiger partial charge in [0.2, 0.25) is 5.91 Å². The predicted molar refractivity (Wildman–Crippen MR) is 137 cm³/mol. The van der Waals surface area contributed by atoms with Crippen LogP contribution >= 0.6 is 0 Å². The summed E-state index contributed by atoms with van der Waals surface area (Å²) >= 11 is 0. The molecule has 184 valence electrons. The summed E-state index contributed by atoms with van der Waals surface area (Å²) in [5.41, 5.74) is 9.74. The van der Waals surface area contributed by atoms with Crippen LogP contribution in [0.5, 0.6) is 11.5 Å². The SMILES string of the molecule is CN(C)C/C=C/C(=O)N1CCc2c([nH]c3c(C(N)=O)c(-c4ccc(Oc5ccccc5)cc4)nn23)C1. The lowest BCUT2D eigenvalue weighted by Crippen LogP contribution is -2.35. The van der Waals surface area contributed by atoms with E-state index in [2.05, 4.69) is 4.98 Å². The predicted octanol–water partition coefficient (Wildman–Crippen LogP) is 3.22. The molecule has 1 aliphatic heterocycles. The van der Waals surface area contributed by atoms with Crippen LogP contribution in [0.25, 0.3) is 16.9 Å². The number of aromatic amines is 1. The van der Waals surface area contributed by atoms with Crippen molar-refractivity contribution in [1.29, 1.82) is 0 Å². The van der Waals surface area contributed by atoms with E-state index in [1.54, 1.807) is 15.5 Å². The van der Waals surface area contributed by atoms with Crippen LogP contribution in [0, 0.1) is 0 Å². The van der Waals surface area contributed by atoms with Crippen molar-refractivity contribution in [2.24, 2.45) is 5.73 Å². The van der Waals surface area contributed by atoms with Gasteiger partial charge >= 0.3 is 0 Å². The van der Waals surface area contributed by atoms with E-state index in [9.17, 15) is 9.59 Å². The number of hydrogen-bond donors (Lipinski definition) is 2. The van der Waals surface area contributed by atoms with E-state index in [-0.39, 0.29) is 5.91 Å². The highest BCUT2D eigenvalue weighted by atomic mass is 16.5. The van der Waals surface area contributed by atoms with E-state index in [0.717, 1.165) is 22.7 Å². The average molecular weight is 485 g/mol. The first-order valence-corrected chi connectivity index (χ1v) is 11.8. The zero-order valence-electron chi connectivity index (χ0n) is 20.3. The molecule has 0 saturated heterocycles. The number of benzene rings is 2. The van der Waals surface area contributed by atoms with Gasteiger partial charge in [0.15, 0.2) is 0 Å². The molecule has 0 saturated carbocycles. The number of nitrogens with two attached hydrogens (primary N) is 1. The van der Waals surface area contributed by atoms with Crippen LogP contribution in [0.4, 0.5) is 0 Å². The zero-order chi connectivity index (χ0) is 25.2. The minimum atomic E-state index is -0.567. The highest BCUT2D eigenvalue weighted by molar-refractivity contribution is 6.04. The van der Waals surface area contributed by atoms with E-state index in [0.29, 0.717) is 48.7 Å². The molecule has 0 aliphatic carbocycles. The molecule has 0 spiro atoms. The molecule has 2 aromatic carbocycles. The van der Waals surface area contributed by atoms with Gasteiger partial charge in [0.1, 0.15) is 28.4 Å². The number of nitrogens with zero attached hydrogens (tertiary/aromatic N) is 4. The Labute approximate surface area is 208 Å². The first-order chi connectivity index (χ1) is 17.4. The quantitative estimate of drug-likeness (QED) is 0.392. The van der Waals surface area contributed by atoms with E-state index in [1.165, 1.54) is 0 Å². The summed E-state index contributed by atoms with van der Waals surface area (Å²) in [6, 6.07) is 16.9. The maximum atomic E-state index is 12.6. The molecular weight excluding hydrogens is 456 g/mol. The number of rotatable bonds is 7. The fraction of sp³-hybridized carbons (Fsp3) is 0.222.